The van der Waals surface area contributed by atoms with Gasteiger partial charge in [0.2, 0.25) is 0 Å². The zero-order valence-electron chi connectivity index (χ0n) is 12.1. The standard InChI is InChI=1S/C15H30N2O/c1-12(2)11-17-9-7-13(8-10-17)16-14-5-3-4-6-15(14)18/h12-16,18H,3-11H2,1-2H3. The van der Waals surface area contributed by atoms with E-state index in [-0.39, 0.29) is 6.10 Å². The van der Waals surface area contributed by atoms with Gasteiger partial charge in [0.15, 0.2) is 0 Å². The lowest BCUT2D eigenvalue weighted by Crippen LogP contribution is -2.51. The quantitative estimate of drug-likeness (QED) is 0.805. The Kier molecular flexibility index (Phi) is 5.46. The van der Waals surface area contributed by atoms with Crippen LogP contribution >= 0.6 is 0 Å². The number of rotatable bonds is 4. The Morgan fingerprint density at radius 3 is 2.39 bits per heavy atom. The van der Waals surface area contributed by atoms with Crippen molar-refractivity contribution in [2.45, 2.75) is 70.6 Å². The van der Waals surface area contributed by atoms with Crippen LogP contribution in [-0.2, 0) is 0 Å². The molecule has 18 heavy (non-hydrogen) atoms. The van der Waals surface area contributed by atoms with Crippen LogP contribution < -0.4 is 5.32 Å². The number of hydrogen-bond acceptors (Lipinski definition) is 3. The summed E-state index contributed by atoms with van der Waals surface area (Å²) in [4.78, 5) is 2.58. The molecule has 0 bridgehead atoms. The summed E-state index contributed by atoms with van der Waals surface area (Å²) in [6.45, 7) is 8.27. The summed E-state index contributed by atoms with van der Waals surface area (Å²) in [5.41, 5.74) is 0. The van der Waals surface area contributed by atoms with Crippen molar-refractivity contribution in [3.05, 3.63) is 0 Å². The number of hydrogen-bond donors (Lipinski definition) is 2. The lowest BCUT2D eigenvalue weighted by molar-refractivity contribution is 0.0756. The van der Waals surface area contributed by atoms with Gasteiger partial charge in [0.1, 0.15) is 0 Å². The van der Waals surface area contributed by atoms with E-state index in [1.807, 2.05) is 0 Å². The molecule has 1 saturated heterocycles. The molecule has 0 spiro atoms. The first kappa shape index (κ1) is 14.3. The van der Waals surface area contributed by atoms with Crippen molar-refractivity contribution >= 4 is 0 Å². The molecule has 3 heteroatoms. The Bertz CT molecular complexity index is 237. The fourth-order valence-corrected chi connectivity index (χ4v) is 3.41. The number of likely N-dealkylation sites (tertiary alicyclic amines) is 1. The predicted octanol–water partition coefficient (Wildman–Crippen LogP) is 2.00. The van der Waals surface area contributed by atoms with E-state index >= 15 is 0 Å². The van der Waals surface area contributed by atoms with Gasteiger partial charge in [-0.15, -0.1) is 0 Å². The van der Waals surface area contributed by atoms with Crippen LogP contribution in [0.3, 0.4) is 0 Å². The minimum Gasteiger partial charge on any atom is -0.392 e. The lowest BCUT2D eigenvalue weighted by atomic mass is 9.91. The number of nitrogens with one attached hydrogen (secondary N) is 1. The maximum Gasteiger partial charge on any atom is 0.0693 e. The van der Waals surface area contributed by atoms with Gasteiger partial charge in [0.05, 0.1) is 6.10 Å². The normalized spacial score (nSPS) is 32.0. The maximum absolute atomic E-state index is 10.00. The van der Waals surface area contributed by atoms with Gasteiger partial charge in [-0.25, -0.2) is 0 Å². The van der Waals surface area contributed by atoms with E-state index in [1.165, 1.54) is 45.3 Å². The van der Waals surface area contributed by atoms with Crippen LogP contribution in [0, 0.1) is 5.92 Å². The molecule has 1 heterocycles. The first-order valence-corrected chi connectivity index (χ1v) is 7.81. The van der Waals surface area contributed by atoms with E-state index in [4.69, 9.17) is 0 Å². The topological polar surface area (TPSA) is 35.5 Å². The molecule has 2 unspecified atom stereocenters. The Morgan fingerprint density at radius 2 is 1.78 bits per heavy atom. The fraction of sp³-hybridized carbons (Fsp3) is 1.00. The molecular weight excluding hydrogens is 224 g/mol. The Morgan fingerprint density at radius 1 is 1.11 bits per heavy atom. The number of piperidine rings is 1. The highest BCUT2D eigenvalue weighted by Crippen LogP contribution is 2.21. The second-order valence-electron chi connectivity index (χ2n) is 6.59. The van der Waals surface area contributed by atoms with Gasteiger partial charge >= 0.3 is 0 Å². The molecule has 2 rings (SSSR count). The summed E-state index contributed by atoms with van der Waals surface area (Å²) in [6.07, 6.45) is 7.02. The summed E-state index contributed by atoms with van der Waals surface area (Å²) < 4.78 is 0. The molecule has 0 amide bonds. The van der Waals surface area contributed by atoms with Gasteiger partial charge in [-0.2, -0.15) is 0 Å². The van der Waals surface area contributed by atoms with E-state index in [0.29, 0.717) is 12.1 Å². The van der Waals surface area contributed by atoms with Crippen molar-refractivity contribution in [1.82, 2.24) is 10.2 Å². The van der Waals surface area contributed by atoms with Gasteiger partial charge in [-0.1, -0.05) is 26.7 Å². The third kappa shape index (κ3) is 4.22. The van der Waals surface area contributed by atoms with Crippen LogP contribution in [-0.4, -0.2) is 47.8 Å². The van der Waals surface area contributed by atoms with Crippen LogP contribution in [0.4, 0.5) is 0 Å². The zero-order chi connectivity index (χ0) is 13.0. The van der Waals surface area contributed by atoms with Gasteiger partial charge in [0.25, 0.3) is 0 Å². The Labute approximate surface area is 112 Å². The van der Waals surface area contributed by atoms with Crippen molar-refractivity contribution in [3.8, 4) is 0 Å². The summed E-state index contributed by atoms with van der Waals surface area (Å²) in [6, 6.07) is 0.992. The van der Waals surface area contributed by atoms with Crippen molar-refractivity contribution in [2.24, 2.45) is 5.92 Å². The molecule has 0 aromatic carbocycles. The molecule has 2 atom stereocenters. The van der Waals surface area contributed by atoms with E-state index in [2.05, 4.69) is 24.1 Å². The number of aliphatic hydroxyl groups is 1. The predicted molar refractivity (Wildman–Crippen MR) is 75.7 cm³/mol. The van der Waals surface area contributed by atoms with Crippen LogP contribution in [0.1, 0.15) is 52.4 Å². The van der Waals surface area contributed by atoms with Crippen LogP contribution in [0.15, 0.2) is 0 Å². The molecule has 0 radical (unpaired) electrons. The second-order valence-corrected chi connectivity index (χ2v) is 6.59. The monoisotopic (exact) mass is 254 g/mol. The zero-order valence-corrected chi connectivity index (χ0v) is 12.1. The summed E-state index contributed by atoms with van der Waals surface area (Å²) in [5.74, 6) is 0.773. The average molecular weight is 254 g/mol. The second kappa shape index (κ2) is 6.88. The van der Waals surface area contributed by atoms with E-state index < -0.39 is 0 Å². The molecule has 0 aromatic heterocycles. The lowest BCUT2D eigenvalue weighted by Gasteiger charge is -2.37. The number of aliphatic hydroxyl groups excluding tert-OH is 1. The smallest absolute Gasteiger partial charge is 0.0693 e. The van der Waals surface area contributed by atoms with Crippen molar-refractivity contribution < 1.29 is 5.11 Å². The largest absolute Gasteiger partial charge is 0.392 e. The van der Waals surface area contributed by atoms with Gasteiger partial charge < -0.3 is 15.3 Å². The number of nitrogens with zero attached hydrogens (tertiary/aromatic N) is 1. The van der Waals surface area contributed by atoms with Crippen molar-refractivity contribution in [1.29, 1.82) is 0 Å². The molecule has 1 aliphatic carbocycles. The first-order chi connectivity index (χ1) is 8.65. The molecule has 2 aliphatic rings. The molecule has 106 valence electrons. The van der Waals surface area contributed by atoms with Crippen molar-refractivity contribution in [3.63, 3.8) is 0 Å². The third-order valence-electron chi connectivity index (χ3n) is 4.39. The highest BCUT2D eigenvalue weighted by atomic mass is 16.3. The van der Waals surface area contributed by atoms with Crippen molar-refractivity contribution in [2.75, 3.05) is 19.6 Å². The summed E-state index contributed by atoms with van der Waals surface area (Å²) in [7, 11) is 0. The highest BCUT2D eigenvalue weighted by Gasteiger charge is 2.27. The molecule has 2 fully saturated rings. The minimum atomic E-state index is -0.104. The average Bonchev–Trinajstić information content (AvgIpc) is 2.34. The molecular formula is C15H30N2O. The molecule has 1 saturated carbocycles. The van der Waals surface area contributed by atoms with E-state index in [0.717, 1.165) is 18.8 Å². The molecule has 3 nitrogen and oxygen atoms in total. The molecule has 1 aliphatic heterocycles. The summed E-state index contributed by atoms with van der Waals surface area (Å²) in [5, 5.41) is 13.7. The Hall–Kier alpha value is -0.120. The molecule has 0 aromatic rings. The van der Waals surface area contributed by atoms with Gasteiger partial charge in [0, 0.05) is 18.6 Å². The summed E-state index contributed by atoms with van der Waals surface area (Å²) >= 11 is 0. The van der Waals surface area contributed by atoms with Crippen LogP contribution in [0.25, 0.3) is 0 Å². The Balaban J connectivity index is 1.69. The van der Waals surface area contributed by atoms with Crippen LogP contribution in [0.2, 0.25) is 0 Å². The third-order valence-corrected chi connectivity index (χ3v) is 4.39. The highest BCUT2D eigenvalue weighted by molar-refractivity contribution is 4.86. The molecule has 2 N–H and O–H groups in total. The van der Waals surface area contributed by atoms with E-state index in [9.17, 15) is 5.11 Å². The van der Waals surface area contributed by atoms with Crippen LogP contribution in [0.5, 0.6) is 0 Å². The SMILES string of the molecule is CC(C)CN1CCC(NC2CCCCC2O)CC1. The van der Waals surface area contributed by atoms with Gasteiger partial charge in [-0.05, 0) is 44.7 Å². The van der Waals surface area contributed by atoms with Gasteiger partial charge in [-0.3, -0.25) is 0 Å². The van der Waals surface area contributed by atoms with E-state index in [1.54, 1.807) is 0 Å². The maximum atomic E-state index is 10.00. The fourth-order valence-electron chi connectivity index (χ4n) is 3.41. The minimum absolute atomic E-state index is 0.104. The first-order valence-electron chi connectivity index (χ1n) is 7.81.